The van der Waals surface area contributed by atoms with E-state index in [-0.39, 0.29) is 11.6 Å². The predicted molar refractivity (Wildman–Crippen MR) is 103 cm³/mol. The number of aromatic hydroxyl groups is 1. The molecule has 0 radical (unpaired) electrons. The Morgan fingerprint density at radius 3 is 2.59 bits per heavy atom. The predicted octanol–water partition coefficient (Wildman–Crippen LogP) is 4.61. The lowest BCUT2D eigenvalue weighted by Gasteiger charge is -2.09. The van der Waals surface area contributed by atoms with E-state index in [1.165, 1.54) is 13.0 Å². The van der Waals surface area contributed by atoms with Gasteiger partial charge in [-0.05, 0) is 31.2 Å². The molecule has 7 nitrogen and oxygen atoms in total. The maximum Gasteiger partial charge on any atom is 0.286 e. The molecular weight excluding hydrogens is 391 g/mol. The molecule has 0 spiro atoms. The number of carbonyl (C=O) groups is 2. The number of aromatic amines is 1. The van der Waals surface area contributed by atoms with Gasteiger partial charge >= 0.3 is 0 Å². The summed E-state index contributed by atoms with van der Waals surface area (Å²) in [7, 11) is 0. The van der Waals surface area contributed by atoms with Gasteiger partial charge in [-0.25, -0.2) is 0 Å². The Bertz CT molecular complexity index is 1050. The monoisotopic (exact) mass is 404 g/mol. The number of H-pyrrole nitrogens is 1. The summed E-state index contributed by atoms with van der Waals surface area (Å²) >= 11 is 12.0. The molecule has 0 unspecified atom stereocenters. The molecule has 0 saturated heterocycles. The largest absolute Gasteiger partial charge is 0.493 e. The molecule has 2 aromatic carbocycles. The van der Waals surface area contributed by atoms with Crippen LogP contribution in [-0.2, 0) is 4.79 Å². The average molecular weight is 405 g/mol. The molecule has 1 heterocycles. The van der Waals surface area contributed by atoms with Gasteiger partial charge in [-0.1, -0.05) is 41.4 Å². The summed E-state index contributed by atoms with van der Waals surface area (Å²) in [5.74, 6) is -1.38. The van der Waals surface area contributed by atoms with Crippen molar-refractivity contribution in [1.82, 2.24) is 10.3 Å². The summed E-state index contributed by atoms with van der Waals surface area (Å²) in [6.45, 7) is 1.49. The third kappa shape index (κ3) is 4.10. The second-order valence-corrected chi connectivity index (χ2v) is 6.58. The summed E-state index contributed by atoms with van der Waals surface area (Å²) in [6, 6.07) is 10.6. The van der Waals surface area contributed by atoms with E-state index in [0.717, 1.165) is 0 Å². The lowest BCUT2D eigenvalue weighted by atomic mass is 10.2. The van der Waals surface area contributed by atoms with E-state index in [0.29, 0.717) is 26.5 Å². The average Bonchev–Trinajstić information content (AvgIpc) is 2.96. The SMILES string of the molecule is C[C@H](NC(=O)c1ccccc1)C(=O)N=Nc1c(O)[nH]c2c(Cl)cc(Cl)cc12. The molecule has 27 heavy (non-hydrogen) atoms. The van der Waals surface area contributed by atoms with Gasteiger partial charge in [0, 0.05) is 16.0 Å². The molecule has 9 heteroatoms. The van der Waals surface area contributed by atoms with Crippen LogP contribution in [0.15, 0.2) is 52.7 Å². The van der Waals surface area contributed by atoms with E-state index in [9.17, 15) is 14.7 Å². The normalized spacial score (nSPS) is 12.4. The highest BCUT2D eigenvalue weighted by Gasteiger charge is 2.18. The molecule has 0 aliphatic carbocycles. The maximum absolute atomic E-state index is 12.2. The number of rotatable bonds is 4. The number of halogens is 2. The molecule has 3 N–H and O–H groups in total. The summed E-state index contributed by atoms with van der Waals surface area (Å²) in [4.78, 5) is 26.9. The number of fused-ring (bicyclic) bond motifs is 1. The Morgan fingerprint density at radius 2 is 1.89 bits per heavy atom. The molecule has 138 valence electrons. The Hall–Kier alpha value is -2.90. The van der Waals surface area contributed by atoms with Crippen LogP contribution >= 0.6 is 23.2 Å². The van der Waals surface area contributed by atoms with Crippen LogP contribution in [-0.4, -0.2) is 27.9 Å². The van der Waals surface area contributed by atoms with Gasteiger partial charge in [0.15, 0.2) is 5.69 Å². The van der Waals surface area contributed by atoms with Crippen LogP contribution in [0.5, 0.6) is 5.88 Å². The summed E-state index contributed by atoms with van der Waals surface area (Å²) in [5.41, 5.74) is 0.877. The molecule has 2 amide bonds. The van der Waals surface area contributed by atoms with E-state index in [1.807, 2.05) is 0 Å². The Morgan fingerprint density at radius 1 is 1.19 bits per heavy atom. The van der Waals surface area contributed by atoms with Crippen molar-refractivity contribution < 1.29 is 14.7 Å². The molecular formula is C18H14Cl2N4O3. The molecule has 0 saturated carbocycles. The summed E-state index contributed by atoms with van der Waals surface area (Å²) < 4.78 is 0. The number of hydrogen-bond donors (Lipinski definition) is 3. The smallest absolute Gasteiger partial charge is 0.286 e. The van der Waals surface area contributed by atoms with Gasteiger partial charge in [0.1, 0.15) is 6.04 Å². The number of nitrogens with zero attached hydrogens (tertiary/aromatic N) is 2. The topological polar surface area (TPSA) is 107 Å². The lowest BCUT2D eigenvalue weighted by Crippen LogP contribution is -2.37. The first-order valence-electron chi connectivity index (χ1n) is 7.88. The van der Waals surface area contributed by atoms with Crippen molar-refractivity contribution in [3.63, 3.8) is 0 Å². The number of azo groups is 1. The number of amides is 2. The van der Waals surface area contributed by atoms with Crippen molar-refractivity contribution in [2.24, 2.45) is 10.2 Å². The van der Waals surface area contributed by atoms with E-state index < -0.39 is 17.9 Å². The fraction of sp³-hybridized carbons (Fsp3) is 0.111. The first-order chi connectivity index (χ1) is 12.9. The van der Waals surface area contributed by atoms with E-state index >= 15 is 0 Å². The van der Waals surface area contributed by atoms with Gasteiger partial charge in [0.05, 0.1) is 10.5 Å². The van der Waals surface area contributed by atoms with Crippen LogP contribution in [0, 0.1) is 0 Å². The van der Waals surface area contributed by atoms with Gasteiger partial charge in [-0.3, -0.25) is 9.59 Å². The molecule has 1 atom stereocenters. The van der Waals surface area contributed by atoms with Gasteiger partial charge < -0.3 is 15.4 Å². The number of benzene rings is 2. The minimum atomic E-state index is -0.902. The molecule has 3 aromatic rings. The second kappa shape index (κ2) is 7.77. The van der Waals surface area contributed by atoms with Crippen molar-refractivity contribution in [3.8, 4) is 5.88 Å². The van der Waals surface area contributed by atoms with Crippen molar-refractivity contribution in [2.45, 2.75) is 13.0 Å². The Kier molecular flexibility index (Phi) is 5.43. The highest BCUT2D eigenvalue weighted by molar-refractivity contribution is 6.38. The quantitative estimate of drug-likeness (QED) is 0.552. The van der Waals surface area contributed by atoms with Crippen molar-refractivity contribution in [3.05, 3.63) is 58.1 Å². The maximum atomic E-state index is 12.2. The summed E-state index contributed by atoms with van der Waals surface area (Å²) in [6.07, 6.45) is 0. The van der Waals surface area contributed by atoms with E-state index in [1.54, 1.807) is 36.4 Å². The highest BCUT2D eigenvalue weighted by Crippen LogP contribution is 2.40. The Labute approximate surface area is 164 Å². The molecule has 0 aliphatic rings. The third-order valence-corrected chi connectivity index (χ3v) is 4.30. The van der Waals surface area contributed by atoms with Crippen LogP contribution in [0.1, 0.15) is 17.3 Å². The van der Waals surface area contributed by atoms with Crippen LogP contribution in [0.25, 0.3) is 10.9 Å². The zero-order valence-corrected chi connectivity index (χ0v) is 15.5. The van der Waals surface area contributed by atoms with Crippen LogP contribution in [0.3, 0.4) is 0 Å². The lowest BCUT2D eigenvalue weighted by molar-refractivity contribution is -0.119. The second-order valence-electron chi connectivity index (χ2n) is 5.73. The number of nitrogens with one attached hydrogen (secondary N) is 2. The summed E-state index contributed by atoms with van der Waals surface area (Å²) in [5, 5.41) is 21.0. The number of carbonyl (C=O) groups excluding carboxylic acids is 2. The minimum absolute atomic E-state index is 0.0318. The van der Waals surface area contributed by atoms with Crippen LogP contribution < -0.4 is 5.32 Å². The minimum Gasteiger partial charge on any atom is -0.493 e. The van der Waals surface area contributed by atoms with Gasteiger partial charge in [-0.15, -0.1) is 10.2 Å². The van der Waals surface area contributed by atoms with Crippen LogP contribution in [0.2, 0.25) is 10.0 Å². The number of hydrogen-bond acceptors (Lipinski definition) is 4. The first kappa shape index (κ1) is 18.9. The third-order valence-electron chi connectivity index (χ3n) is 3.78. The molecule has 1 aromatic heterocycles. The van der Waals surface area contributed by atoms with Crippen molar-refractivity contribution in [1.29, 1.82) is 0 Å². The van der Waals surface area contributed by atoms with Crippen molar-refractivity contribution in [2.75, 3.05) is 0 Å². The first-order valence-corrected chi connectivity index (χ1v) is 8.63. The standard InChI is InChI=1S/C18H14Cl2N4O3/c1-9(21-17(26)10-5-3-2-4-6-10)16(25)24-23-15-12-7-11(19)8-13(20)14(12)22-18(15)27/h2-9,22,27H,1H3,(H,21,26)/t9-/m0/s1. The van der Waals surface area contributed by atoms with E-state index in [2.05, 4.69) is 20.5 Å². The fourth-order valence-electron chi connectivity index (χ4n) is 2.41. The van der Waals surface area contributed by atoms with E-state index in [4.69, 9.17) is 23.2 Å². The highest BCUT2D eigenvalue weighted by atomic mass is 35.5. The van der Waals surface area contributed by atoms with Gasteiger partial charge in [0.2, 0.25) is 5.88 Å². The molecule has 3 rings (SSSR count). The zero-order valence-electron chi connectivity index (χ0n) is 14.0. The zero-order chi connectivity index (χ0) is 19.6. The van der Waals surface area contributed by atoms with Gasteiger partial charge in [-0.2, -0.15) is 0 Å². The molecule has 0 bridgehead atoms. The fourth-order valence-corrected chi connectivity index (χ4v) is 2.95. The molecule has 0 fully saturated rings. The number of aromatic nitrogens is 1. The molecule has 0 aliphatic heterocycles. The van der Waals surface area contributed by atoms with Gasteiger partial charge in [0.25, 0.3) is 11.8 Å². The van der Waals surface area contributed by atoms with Crippen molar-refractivity contribution >= 4 is 51.6 Å². The van der Waals surface area contributed by atoms with Crippen LogP contribution in [0.4, 0.5) is 5.69 Å². The Balaban J connectivity index is 1.78.